The van der Waals surface area contributed by atoms with Crippen LogP contribution >= 0.6 is 0 Å². The van der Waals surface area contributed by atoms with Gasteiger partial charge in [0.05, 0.1) is 0 Å². The van der Waals surface area contributed by atoms with Crippen molar-refractivity contribution in [1.82, 2.24) is 0 Å². The fourth-order valence-corrected chi connectivity index (χ4v) is 2.10. The van der Waals surface area contributed by atoms with Gasteiger partial charge in [0.25, 0.3) is 0 Å². The van der Waals surface area contributed by atoms with Crippen LogP contribution in [0.15, 0.2) is 12.2 Å². The van der Waals surface area contributed by atoms with E-state index in [-0.39, 0.29) is 0 Å². The number of carbonyl (C=O) groups is 2. The van der Waals surface area contributed by atoms with E-state index in [1.165, 1.54) is 0 Å². The van der Waals surface area contributed by atoms with Crippen molar-refractivity contribution in [2.75, 3.05) is 0 Å². The molecule has 0 amide bonds. The molecule has 0 aromatic rings. The molecule has 4 nitrogen and oxygen atoms in total. The summed E-state index contributed by atoms with van der Waals surface area (Å²) in [4.78, 5) is 21.9. The Morgan fingerprint density at radius 1 is 0.304 bits per heavy atom. The summed E-state index contributed by atoms with van der Waals surface area (Å²) in [6.07, 6.45) is -34.2. The second-order valence-electron chi connectivity index (χ2n) is 7.80. The van der Waals surface area contributed by atoms with Crippen LogP contribution in [0, 0.1) is 0 Å². The van der Waals surface area contributed by atoms with Gasteiger partial charge in [-0.3, -0.25) is 0 Å². The number of halogens is 26. The zero-order chi connectivity index (χ0) is 38.0. The zero-order valence-corrected chi connectivity index (χ0v) is 19.6. The average Bonchev–Trinajstić information content (AvgIpc) is 2.79. The largest absolute Gasteiger partial charge is 0.473 e. The highest BCUT2D eigenvalue weighted by atomic mass is 19.4. The highest BCUT2D eigenvalue weighted by Crippen LogP contribution is 2.62. The maximum Gasteiger partial charge on any atom is 0.473 e. The van der Waals surface area contributed by atoms with Gasteiger partial charge in [-0.1, -0.05) is 0 Å². The van der Waals surface area contributed by atoms with Crippen LogP contribution in [0.4, 0.5) is 114 Å². The molecule has 46 heavy (non-hydrogen) atoms. The molecule has 272 valence electrons. The van der Waals surface area contributed by atoms with Gasteiger partial charge >= 0.3 is 83.9 Å². The van der Waals surface area contributed by atoms with Crippen LogP contribution in [0.1, 0.15) is 0 Å². The Bertz CT molecular complexity index is 1080. The third kappa shape index (κ3) is 6.26. The molecule has 0 fully saturated rings. The highest BCUT2D eigenvalue weighted by molar-refractivity contribution is 5.91. The monoisotopic (exact) mass is 752 g/mol. The summed E-state index contributed by atoms with van der Waals surface area (Å²) >= 11 is 0. The van der Waals surface area contributed by atoms with Crippen LogP contribution in [-0.4, -0.2) is 83.9 Å². The van der Waals surface area contributed by atoms with Gasteiger partial charge in [-0.25, -0.2) is 9.59 Å². The van der Waals surface area contributed by atoms with Crippen molar-refractivity contribution in [3.8, 4) is 0 Å². The van der Waals surface area contributed by atoms with Crippen molar-refractivity contribution in [1.29, 1.82) is 0 Å². The molecular formula is C16H2F26O4. The Balaban J connectivity index is 6.22. The van der Waals surface area contributed by atoms with Gasteiger partial charge in [0.1, 0.15) is 0 Å². The highest BCUT2D eigenvalue weighted by Gasteiger charge is 2.93. The van der Waals surface area contributed by atoms with Gasteiger partial charge in [-0.05, 0) is 0 Å². The maximum atomic E-state index is 13.4. The van der Waals surface area contributed by atoms with Crippen molar-refractivity contribution in [3.05, 3.63) is 12.2 Å². The number of carbonyl (C=O) groups excluding carboxylic acids is 2. The van der Waals surface area contributed by atoms with Gasteiger partial charge in [-0.2, -0.15) is 114 Å². The molecule has 0 spiro atoms. The molecule has 0 heterocycles. The van der Waals surface area contributed by atoms with Crippen molar-refractivity contribution < 1.29 is 133 Å². The molecular weight excluding hydrogens is 750 g/mol. The lowest BCUT2D eigenvalue weighted by Crippen LogP contribution is -2.70. The van der Waals surface area contributed by atoms with E-state index in [0.29, 0.717) is 0 Å². The fraction of sp³-hybridized carbons (Fsp3) is 0.750. The zero-order valence-electron chi connectivity index (χ0n) is 19.6. The summed E-state index contributed by atoms with van der Waals surface area (Å²) in [7, 11) is 0. The van der Waals surface area contributed by atoms with Gasteiger partial charge in [0.2, 0.25) is 0 Å². The molecule has 0 aliphatic rings. The summed E-state index contributed by atoms with van der Waals surface area (Å²) in [5.41, 5.74) is 0. The lowest BCUT2D eigenvalue weighted by Gasteiger charge is -2.38. The van der Waals surface area contributed by atoms with Crippen LogP contribution in [0.2, 0.25) is 0 Å². The lowest BCUT2D eigenvalue weighted by atomic mass is 9.97. The molecule has 0 aliphatic carbocycles. The summed E-state index contributed by atoms with van der Waals surface area (Å²) in [6.45, 7) is 0. The molecule has 0 aliphatic heterocycles. The van der Waals surface area contributed by atoms with E-state index in [1.807, 2.05) is 9.47 Å². The van der Waals surface area contributed by atoms with E-state index in [0.717, 1.165) is 0 Å². The second kappa shape index (κ2) is 11.2. The lowest BCUT2D eigenvalue weighted by molar-refractivity contribution is -0.460. The molecule has 0 bridgehead atoms. The summed E-state index contributed by atoms with van der Waals surface area (Å²) in [6, 6.07) is 0. The smallest absolute Gasteiger partial charge is 0.393 e. The molecule has 0 N–H and O–H groups in total. The predicted molar refractivity (Wildman–Crippen MR) is 82.9 cm³/mol. The van der Waals surface area contributed by atoms with Crippen LogP contribution < -0.4 is 0 Å². The van der Waals surface area contributed by atoms with Crippen LogP contribution in [0.25, 0.3) is 0 Å². The molecule has 0 unspecified atom stereocenters. The van der Waals surface area contributed by atoms with E-state index in [9.17, 15) is 124 Å². The minimum atomic E-state index is -8.57. The van der Waals surface area contributed by atoms with Crippen LogP contribution in [0.5, 0.6) is 0 Å². The Kier molecular flexibility index (Phi) is 10.5. The Hall–Kier alpha value is -3.14. The van der Waals surface area contributed by atoms with Crippen molar-refractivity contribution in [2.24, 2.45) is 0 Å². The number of ether oxygens (including phenoxy) is 2. The maximum absolute atomic E-state index is 13.4. The van der Waals surface area contributed by atoms with E-state index in [4.69, 9.17) is 0 Å². The SMILES string of the molecule is O=C(C=CC(=O)OC(F)(F)C(F)(F)C(F)(F)C(F)(F)C(F)(F)C(F)(F)F)OC(F)(F)C(F)(F)C(F)(F)C(F)(F)C(F)(F)C(F)(F)F. The Morgan fingerprint density at radius 2 is 0.478 bits per heavy atom. The first-order valence-electron chi connectivity index (χ1n) is 9.55. The molecule has 30 heteroatoms. The minimum Gasteiger partial charge on any atom is -0.393 e. The number of esters is 2. The Labute approximate surface area is 230 Å². The number of rotatable bonds is 12. The summed E-state index contributed by atoms with van der Waals surface area (Å²) in [5, 5.41) is 0. The van der Waals surface area contributed by atoms with E-state index in [1.54, 1.807) is 0 Å². The van der Waals surface area contributed by atoms with Gasteiger partial charge < -0.3 is 9.47 Å². The fourth-order valence-electron chi connectivity index (χ4n) is 2.10. The number of alkyl halides is 26. The van der Waals surface area contributed by atoms with Gasteiger partial charge in [-0.15, -0.1) is 0 Å². The molecule has 0 radical (unpaired) electrons. The molecule has 0 saturated carbocycles. The molecule has 0 atom stereocenters. The number of hydrogen-bond acceptors (Lipinski definition) is 4. The van der Waals surface area contributed by atoms with Gasteiger partial charge in [0.15, 0.2) is 0 Å². The standard InChI is InChI=1S/C16H2F26O4/c17-5(18,9(25,26)13(33,34)35)7(21,22)11(29,30)15(39,40)45-3(43)1-2-4(44)46-16(41,42)12(31,32)8(23,24)6(19,20)10(27,28)14(36,37)38/h1-2H. The van der Waals surface area contributed by atoms with Gasteiger partial charge in [0, 0.05) is 12.2 Å². The quantitative estimate of drug-likeness (QED) is 0.115. The topological polar surface area (TPSA) is 52.6 Å². The van der Waals surface area contributed by atoms with E-state index >= 15 is 0 Å². The van der Waals surface area contributed by atoms with Crippen molar-refractivity contribution in [2.45, 2.75) is 72.0 Å². The van der Waals surface area contributed by atoms with Crippen LogP contribution in [-0.2, 0) is 19.1 Å². The first kappa shape index (κ1) is 42.9. The third-order valence-electron chi connectivity index (χ3n) is 4.62. The average molecular weight is 752 g/mol. The minimum absolute atomic E-state index is 1.54. The van der Waals surface area contributed by atoms with Crippen molar-refractivity contribution >= 4 is 11.9 Å². The first-order chi connectivity index (χ1) is 19.5. The van der Waals surface area contributed by atoms with E-state index in [2.05, 4.69) is 0 Å². The first-order valence-corrected chi connectivity index (χ1v) is 9.55. The van der Waals surface area contributed by atoms with Crippen LogP contribution in [0.3, 0.4) is 0 Å². The predicted octanol–water partition coefficient (Wildman–Crippen LogP) is 8.02. The summed E-state index contributed by atoms with van der Waals surface area (Å²) < 4.78 is 338. The molecule has 0 saturated heterocycles. The second-order valence-corrected chi connectivity index (χ2v) is 7.80. The molecule has 0 aromatic heterocycles. The van der Waals surface area contributed by atoms with Crippen molar-refractivity contribution in [3.63, 3.8) is 0 Å². The Morgan fingerprint density at radius 3 is 0.652 bits per heavy atom. The summed E-state index contributed by atoms with van der Waals surface area (Å²) in [5.74, 6) is -74.8. The third-order valence-corrected chi connectivity index (χ3v) is 4.62. The van der Waals surface area contributed by atoms with E-state index < -0.39 is 96.0 Å². The molecule has 0 rings (SSSR count). The molecule has 0 aromatic carbocycles. The number of hydrogen-bond donors (Lipinski definition) is 0. The normalized spacial score (nSPS) is 16.1.